The Balaban J connectivity index is 2.38. The Morgan fingerprint density at radius 3 is 2.30 bits per heavy atom. The summed E-state index contributed by atoms with van der Waals surface area (Å²) in [5, 5.41) is 0.201. The highest BCUT2D eigenvalue weighted by Gasteiger charge is 2.39. The molecule has 0 spiro atoms. The molecule has 0 N–H and O–H groups in total. The Kier molecular flexibility index (Phi) is 7.78. The fraction of sp³-hybridized carbons (Fsp3) is 0.524. The van der Waals surface area contributed by atoms with Crippen LogP contribution in [0.15, 0.2) is 23.1 Å². The van der Waals surface area contributed by atoms with Gasteiger partial charge >= 0.3 is 0 Å². The molecule has 0 bridgehead atoms. The van der Waals surface area contributed by atoms with Gasteiger partial charge in [-0.2, -0.15) is 0 Å². The molecule has 0 radical (unpaired) electrons. The number of methoxy groups -OCH3 is 2. The van der Waals surface area contributed by atoms with E-state index in [1.807, 2.05) is 19.9 Å². The number of amides is 2. The monoisotopic (exact) mass is 391 g/mol. The molecule has 1 aliphatic heterocycles. The lowest BCUT2D eigenvalue weighted by atomic mass is 10.1. The Morgan fingerprint density at radius 2 is 1.70 bits per heavy atom. The molecule has 148 valence electrons. The molecule has 1 heterocycles. The third-order valence-corrected chi connectivity index (χ3v) is 5.47. The van der Waals surface area contributed by atoms with Crippen LogP contribution in [0.1, 0.15) is 52.0 Å². The van der Waals surface area contributed by atoms with Gasteiger partial charge in [0.05, 0.1) is 24.7 Å². The summed E-state index contributed by atoms with van der Waals surface area (Å²) < 4.78 is 10.7. The van der Waals surface area contributed by atoms with Crippen molar-refractivity contribution in [1.82, 2.24) is 4.90 Å². The molecule has 0 atom stereocenters. The lowest BCUT2D eigenvalue weighted by molar-refractivity contribution is -0.136. The second-order valence-electron chi connectivity index (χ2n) is 6.76. The van der Waals surface area contributed by atoms with Gasteiger partial charge in [-0.1, -0.05) is 46.1 Å². The number of hydrogen-bond acceptors (Lipinski definition) is 5. The van der Waals surface area contributed by atoms with E-state index >= 15 is 0 Å². The van der Waals surface area contributed by atoms with E-state index in [2.05, 4.69) is 6.92 Å². The van der Waals surface area contributed by atoms with Crippen molar-refractivity contribution in [3.63, 3.8) is 0 Å². The van der Waals surface area contributed by atoms with Crippen LogP contribution < -0.4 is 9.47 Å². The largest absolute Gasteiger partial charge is 0.493 e. The normalized spacial score (nSPS) is 14.5. The minimum Gasteiger partial charge on any atom is -0.493 e. The maximum Gasteiger partial charge on any atom is 0.267 e. The molecule has 0 saturated heterocycles. The van der Waals surface area contributed by atoms with E-state index < -0.39 is 0 Å². The zero-order valence-corrected chi connectivity index (χ0v) is 17.6. The van der Waals surface area contributed by atoms with Gasteiger partial charge in [0.1, 0.15) is 0 Å². The standard InChI is InChI=1S/C21H29NO4S/c1-6-7-8-9-12-22-20(23)18(19(21(22)24)27-14(2)3)15-10-11-16(25-4)17(13-15)26-5/h10-11,13-14H,6-9,12H2,1-5H3. The van der Waals surface area contributed by atoms with Crippen LogP contribution in [0.2, 0.25) is 0 Å². The van der Waals surface area contributed by atoms with Crippen LogP contribution >= 0.6 is 11.8 Å². The molecule has 2 rings (SSSR count). The van der Waals surface area contributed by atoms with Gasteiger partial charge in [0.25, 0.3) is 11.8 Å². The van der Waals surface area contributed by atoms with Crippen LogP contribution in [0, 0.1) is 0 Å². The minimum absolute atomic E-state index is 0.181. The average Bonchev–Trinajstić information content (AvgIpc) is 2.88. The maximum atomic E-state index is 13.1. The van der Waals surface area contributed by atoms with Crippen LogP contribution in [-0.4, -0.2) is 42.7 Å². The summed E-state index contributed by atoms with van der Waals surface area (Å²) in [4.78, 5) is 28.0. The van der Waals surface area contributed by atoms with E-state index in [0.717, 1.165) is 25.7 Å². The van der Waals surface area contributed by atoms with Gasteiger partial charge in [-0.15, -0.1) is 11.8 Å². The molecule has 0 unspecified atom stereocenters. The third kappa shape index (κ3) is 4.86. The average molecular weight is 392 g/mol. The van der Waals surface area contributed by atoms with E-state index in [4.69, 9.17) is 9.47 Å². The first kappa shape index (κ1) is 21.4. The summed E-state index contributed by atoms with van der Waals surface area (Å²) in [7, 11) is 3.13. The van der Waals surface area contributed by atoms with Crippen molar-refractivity contribution in [3.8, 4) is 11.5 Å². The predicted octanol–water partition coefficient (Wildman–Crippen LogP) is 4.51. The van der Waals surface area contributed by atoms with E-state index in [0.29, 0.717) is 34.1 Å². The molecule has 27 heavy (non-hydrogen) atoms. The molecule has 0 aliphatic carbocycles. The number of ether oxygens (including phenoxy) is 2. The fourth-order valence-electron chi connectivity index (χ4n) is 3.04. The molecule has 5 nitrogen and oxygen atoms in total. The maximum absolute atomic E-state index is 13.1. The summed E-state index contributed by atoms with van der Waals surface area (Å²) in [6, 6.07) is 5.34. The van der Waals surface area contributed by atoms with Crippen molar-refractivity contribution >= 4 is 29.1 Å². The smallest absolute Gasteiger partial charge is 0.267 e. The first-order valence-electron chi connectivity index (χ1n) is 9.44. The Morgan fingerprint density at radius 1 is 1.00 bits per heavy atom. The predicted molar refractivity (Wildman–Crippen MR) is 110 cm³/mol. The van der Waals surface area contributed by atoms with Crippen molar-refractivity contribution < 1.29 is 19.1 Å². The second-order valence-corrected chi connectivity index (χ2v) is 8.35. The van der Waals surface area contributed by atoms with Crippen LogP contribution in [0.3, 0.4) is 0 Å². The molecule has 1 aromatic rings. The van der Waals surface area contributed by atoms with E-state index in [9.17, 15) is 9.59 Å². The molecular weight excluding hydrogens is 362 g/mol. The topological polar surface area (TPSA) is 55.8 Å². The Bertz CT molecular complexity index is 727. The molecule has 0 aromatic heterocycles. The third-order valence-electron chi connectivity index (χ3n) is 4.39. The number of carbonyl (C=O) groups is 2. The second kappa shape index (κ2) is 9.83. The number of hydrogen-bond donors (Lipinski definition) is 0. The zero-order chi connectivity index (χ0) is 20.0. The van der Waals surface area contributed by atoms with Gasteiger partial charge in [-0.3, -0.25) is 14.5 Å². The van der Waals surface area contributed by atoms with Gasteiger partial charge in [0, 0.05) is 11.8 Å². The fourth-order valence-corrected chi connectivity index (χ4v) is 4.05. The summed E-state index contributed by atoms with van der Waals surface area (Å²) in [5.74, 6) is 0.734. The SMILES string of the molecule is CCCCCCN1C(=O)C(SC(C)C)=C(c2ccc(OC)c(OC)c2)C1=O. The Labute approximate surface area is 166 Å². The van der Waals surface area contributed by atoms with Crippen molar-refractivity contribution in [2.24, 2.45) is 0 Å². The minimum atomic E-state index is -0.216. The van der Waals surface area contributed by atoms with Gasteiger partial charge in [0.2, 0.25) is 0 Å². The lowest BCUT2D eigenvalue weighted by Crippen LogP contribution is -2.32. The summed E-state index contributed by atoms with van der Waals surface area (Å²) in [5.41, 5.74) is 1.15. The molecule has 0 fully saturated rings. The quantitative estimate of drug-likeness (QED) is 0.434. The van der Waals surface area contributed by atoms with Crippen LogP contribution in [-0.2, 0) is 9.59 Å². The summed E-state index contributed by atoms with van der Waals surface area (Å²) in [6.45, 7) is 6.65. The van der Waals surface area contributed by atoms with E-state index in [-0.39, 0.29) is 17.1 Å². The number of unbranched alkanes of at least 4 members (excludes halogenated alkanes) is 3. The van der Waals surface area contributed by atoms with Gasteiger partial charge < -0.3 is 9.47 Å². The van der Waals surface area contributed by atoms with Crippen molar-refractivity contribution in [1.29, 1.82) is 0 Å². The zero-order valence-electron chi connectivity index (χ0n) is 16.8. The van der Waals surface area contributed by atoms with Gasteiger partial charge in [-0.25, -0.2) is 0 Å². The number of nitrogens with zero attached hydrogens (tertiary/aromatic N) is 1. The highest BCUT2D eigenvalue weighted by atomic mass is 32.2. The number of benzene rings is 1. The molecule has 1 aliphatic rings. The van der Waals surface area contributed by atoms with Crippen LogP contribution in [0.4, 0.5) is 0 Å². The molecule has 2 amide bonds. The van der Waals surface area contributed by atoms with Gasteiger partial charge in [-0.05, 0) is 24.1 Å². The molecule has 6 heteroatoms. The molecular formula is C21H29NO4S. The van der Waals surface area contributed by atoms with E-state index in [1.54, 1.807) is 26.4 Å². The number of carbonyl (C=O) groups excluding carboxylic acids is 2. The highest BCUT2D eigenvalue weighted by molar-refractivity contribution is 8.04. The number of rotatable bonds is 10. The van der Waals surface area contributed by atoms with E-state index in [1.165, 1.54) is 16.7 Å². The van der Waals surface area contributed by atoms with Crippen molar-refractivity contribution in [2.75, 3.05) is 20.8 Å². The highest BCUT2D eigenvalue weighted by Crippen LogP contribution is 2.40. The van der Waals surface area contributed by atoms with Crippen LogP contribution in [0.25, 0.3) is 5.57 Å². The summed E-state index contributed by atoms with van der Waals surface area (Å²) >= 11 is 1.44. The van der Waals surface area contributed by atoms with Gasteiger partial charge in [0.15, 0.2) is 11.5 Å². The number of thioether (sulfide) groups is 1. The van der Waals surface area contributed by atoms with Crippen molar-refractivity contribution in [3.05, 3.63) is 28.7 Å². The summed E-state index contributed by atoms with van der Waals surface area (Å²) in [6.07, 6.45) is 4.08. The number of imide groups is 1. The first-order valence-corrected chi connectivity index (χ1v) is 10.3. The Hall–Kier alpha value is -1.95. The van der Waals surface area contributed by atoms with Crippen LogP contribution in [0.5, 0.6) is 11.5 Å². The lowest BCUT2D eigenvalue weighted by Gasteiger charge is -2.15. The molecule has 1 aromatic carbocycles. The van der Waals surface area contributed by atoms with Crippen molar-refractivity contribution in [2.45, 2.75) is 51.7 Å². The molecule has 0 saturated carbocycles. The first-order chi connectivity index (χ1) is 12.9.